The lowest BCUT2D eigenvalue weighted by molar-refractivity contribution is 0.107. The smallest absolute Gasteiger partial charge is 0.409 e. The predicted molar refractivity (Wildman–Crippen MR) is 58.9 cm³/mol. The van der Waals surface area contributed by atoms with Gasteiger partial charge in [0, 0.05) is 39.3 Å². The maximum Gasteiger partial charge on any atom is 0.409 e. The van der Waals surface area contributed by atoms with E-state index in [1.165, 1.54) is 0 Å². The van der Waals surface area contributed by atoms with Gasteiger partial charge in [0.25, 0.3) is 0 Å². The number of likely N-dealkylation sites (N-methyl/N-ethyl adjacent to an activating group) is 2. The zero-order valence-electron chi connectivity index (χ0n) is 9.82. The molecule has 0 saturated carbocycles. The van der Waals surface area contributed by atoms with Crippen LogP contribution in [0.2, 0.25) is 0 Å². The number of nitrogens with zero attached hydrogens (tertiary/aromatic N) is 2. The largest absolute Gasteiger partial charge is 0.450 e. The molecule has 0 aromatic heterocycles. The standard InChI is InChI=1S/C10H21N3O2/c1-4-15-10(14)13(3)8-9-7-12(2)6-5-11-9/h9,11H,4-8H2,1-3H3. The maximum absolute atomic E-state index is 11.4. The first-order chi connectivity index (χ1) is 7.13. The fraction of sp³-hybridized carbons (Fsp3) is 0.900. The first kappa shape index (κ1) is 12.3. The highest BCUT2D eigenvalue weighted by Crippen LogP contribution is 1.99. The first-order valence-electron chi connectivity index (χ1n) is 5.43. The van der Waals surface area contributed by atoms with Crippen molar-refractivity contribution in [2.24, 2.45) is 0 Å². The highest BCUT2D eigenvalue weighted by molar-refractivity contribution is 5.67. The minimum atomic E-state index is -0.243. The van der Waals surface area contributed by atoms with E-state index in [0.29, 0.717) is 19.2 Å². The van der Waals surface area contributed by atoms with Gasteiger partial charge >= 0.3 is 6.09 Å². The number of amides is 1. The summed E-state index contributed by atoms with van der Waals surface area (Å²) in [6.07, 6.45) is -0.243. The number of carbonyl (C=O) groups is 1. The van der Waals surface area contributed by atoms with Crippen LogP contribution in [0.25, 0.3) is 0 Å². The lowest BCUT2D eigenvalue weighted by Gasteiger charge is -2.33. The molecule has 0 aromatic rings. The third-order valence-electron chi connectivity index (χ3n) is 2.53. The normalized spacial score (nSPS) is 22.5. The Morgan fingerprint density at radius 3 is 3.00 bits per heavy atom. The molecule has 1 rings (SSSR count). The Bertz CT molecular complexity index is 211. The summed E-state index contributed by atoms with van der Waals surface area (Å²) in [6.45, 7) is 5.98. The second-order valence-electron chi connectivity index (χ2n) is 3.99. The van der Waals surface area contributed by atoms with Gasteiger partial charge in [-0.1, -0.05) is 0 Å². The molecule has 1 amide bonds. The van der Waals surface area contributed by atoms with Crippen molar-refractivity contribution < 1.29 is 9.53 Å². The van der Waals surface area contributed by atoms with E-state index < -0.39 is 0 Å². The number of carbonyl (C=O) groups excluding carboxylic acids is 1. The molecule has 0 aromatic carbocycles. The summed E-state index contributed by atoms with van der Waals surface area (Å²) in [7, 11) is 3.87. The lowest BCUT2D eigenvalue weighted by Crippen LogP contribution is -2.54. The fourth-order valence-electron chi connectivity index (χ4n) is 1.75. The summed E-state index contributed by atoms with van der Waals surface area (Å²) in [5, 5.41) is 3.39. The van der Waals surface area contributed by atoms with Crippen LogP contribution < -0.4 is 5.32 Å². The molecule has 1 saturated heterocycles. The molecule has 1 fully saturated rings. The number of piperazine rings is 1. The second-order valence-corrected chi connectivity index (χ2v) is 3.99. The minimum Gasteiger partial charge on any atom is -0.450 e. The quantitative estimate of drug-likeness (QED) is 0.718. The van der Waals surface area contributed by atoms with Gasteiger partial charge in [-0.15, -0.1) is 0 Å². The van der Waals surface area contributed by atoms with E-state index in [9.17, 15) is 4.79 Å². The van der Waals surface area contributed by atoms with Crippen molar-refractivity contribution in [3.05, 3.63) is 0 Å². The zero-order chi connectivity index (χ0) is 11.3. The summed E-state index contributed by atoms with van der Waals surface area (Å²) in [4.78, 5) is 15.2. The van der Waals surface area contributed by atoms with Crippen molar-refractivity contribution in [3.8, 4) is 0 Å². The van der Waals surface area contributed by atoms with Gasteiger partial charge in [0.1, 0.15) is 0 Å². The van der Waals surface area contributed by atoms with Gasteiger partial charge in [-0.05, 0) is 14.0 Å². The third kappa shape index (κ3) is 4.05. The number of hydrogen-bond donors (Lipinski definition) is 1. The highest BCUT2D eigenvalue weighted by atomic mass is 16.5. The van der Waals surface area contributed by atoms with E-state index in [1.807, 2.05) is 6.92 Å². The minimum absolute atomic E-state index is 0.243. The molecule has 1 heterocycles. The van der Waals surface area contributed by atoms with Crippen molar-refractivity contribution in [2.45, 2.75) is 13.0 Å². The number of rotatable bonds is 3. The molecular formula is C10H21N3O2. The molecule has 1 atom stereocenters. The van der Waals surface area contributed by atoms with Crippen molar-refractivity contribution in [2.75, 3.05) is 46.9 Å². The van der Waals surface area contributed by atoms with Gasteiger partial charge in [-0.2, -0.15) is 0 Å². The molecule has 0 radical (unpaired) electrons. The van der Waals surface area contributed by atoms with Crippen LogP contribution in [0.4, 0.5) is 4.79 Å². The van der Waals surface area contributed by atoms with Crippen LogP contribution >= 0.6 is 0 Å². The van der Waals surface area contributed by atoms with Gasteiger partial charge in [0.2, 0.25) is 0 Å². The van der Waals surface area contributed by atoms with E-state index in [2.05, 4.69) is 17.3 Å². The molecule has 1 aliphatic heterocycles. The molecule has 1 unspecified atom stereocenters. The molecule has 1 aliphatic rings. The maximum atomic E-state index is 11.4. The van der Waals surface area contributed by atoms with Gasteiger partial charge < -0.3 is 19.9 Å². The van der Waals surface area contributed by atoms with Crippen LogP contribution in [-0.4, -0.2) is 68.8 Å². The molecule has 88 valence electrons. The zero-order valence-corrected chi connectivity index (χ0v) is 9.82. The molecule has 0 aliphatic carbocycles. The van der Waals surface area contributed by atoms with Gasteiger partial charge in [-0.3, -0.25) is 0 Å². The molecule has 5 nitrogen and oxygen atoms in total. The Morgan fingerprint density at radius 1 is 1.67 bits per heavy atom. The lowest BCUT2D eigenvalue weighted by atomic mass is 10.2. The number of hydrogen-bond acceptors (Lipinski definition) is 4. The average Bonchev–Trinajstić information content (AvgIpc) is 2.18. The fourth-order valence-corrected chi connectivity index (χ4v) is 1.75. The van der Waals surface area contributed by atoms with Crippen molar-refractivity contribution >= 4 is 6.09 Å². The van der Waals surface area contributed by atoms with E-state index in [1.54, 1.807) is 11.9 Å². The Balaban J connectivity index is 2.30. The van der Waals surface area contributed by atoms with Crippen LogP contribution in [-0.2, 0) is 4.74 Å². The van der Waals surface area contributed by atoms with Gasteiger partial charge in [-0.25, -0.2) is 4.79 Å². The Hall–Kier alpha value is -0.810. The topological polar surface area (TPSA) is 44.8 Å². The van der Waals surface area contributed by atoms with Crippen LogP contribution in [0.3, 0.4) is 0 Å². The Morgan fingerprint density at radius 2 is 2.40 bits per heavy atom. The van der Waals surface area contributed by atoms with E-state index in [0.717, 1.165) is 19.6 Å². The highest BCUT2D eigenvalue weighted by Gasteiger charge is 2.20. The van der Waals surface area contributed by atoms with E-state index >= 15 is 0 Å². The Kier molecular flexibility index (Phi) is 4.84. The average molecular weight is 215 g/mol. The second kappa shape index (κ2) is 5.92. The Labute approximate surface area is 91.4 Å². The van der Waals surface area contributed by atoms with Crippen LogP contribution in [0.5, 0.6) is 0 Å². The van der Waals surface area contributed by atoms with Gasteiger partial charge in [0.15, 0.2) is 0 Å². The molecule has 15 heavy (non-hydrogen) atoms. The molecule has 0 spiro atoms. The summed E-state index contributed by atoms with van der Waals surface area (Å²) in [5.74, 6) is 0. The first-order valence-corrected chi connectivity index (χ1v) is 5.43. The van der Waals surface area contributed by atoms with Crippen molar-refractivity contribution in [3.63, 3.8) is 0 Å². The summed E-state index contributed by atoms with van der Waals surface area (Å²) in [5.41, 5.74) is 0. The summed E-state index contributed by atoms with van der Waals surface area (Å²) < 4.78 is 4.92. The predicted octanol–water partition coefficient (Wildman–Crippen LogP) is -0.0217. The van der Waals surface area contributed by atoms with E-state index in [4.69, 9.17) is 4.74 Å². The van der Waals surface area contributed by atoms with Crippen LogP contribution in [0.15, 0.2) is 0 Å². The molecule has 0 bridgehead atoms. The van der Waals surface area contributed by atoms with Crippen LogP contribution in [0.1, 0.15) is 6.92 Å². The molecule has 1 N–H and O–H groups in total. The molecular weight excluding hydrogens is 194 g/mol. The van der Waals surface area contributed by atoms with Crippen molar-refractivity contribution in [1.82, 2.24) is 15.1 Å². The monoisotopic (exact) mass is 215 g/mol. The summed E-state index contributed by atoms with van der Waals surface area (Å²) in [6, 6.07) is 0.346. The third-order valence-corrected chi connectivity index (χ3v) is 2.53. The van der Waals surface area contributed by atoms with Crippen LogP contribution in [0, 0.1) is 0 Å². The SMILES string of the molecule is CCOC(=O)N(C)CC1CN(C)CCN1. The van der Waals surface area contributed by atoms with E-state index in [-0.39, 0.29) is 6.09 Å². The summed E-state index contributed by atoms with van der Waals surface area (Å²) >= 11 is 0. The van der Waals surface area contributed by atoms with Crippen molar-refractivity contribution in [1.29, 1.82) is 0 Å². The molecule has 5 heteroatoms. The van der Waals surface area contributed by atoms with Gasteiger partial charge in [0.05, 0.1) is 6.61 Å². The number of nitrogens with one attached hydrogen (secondary N) is 1. The number of ether oxygens (including phenoxy) is 1.